The van der Waals surface area contributed by atoms with E-state index in [1.54, 1.807) is 43.0 Å². The molecule has 196 valence electrons. The summed E-state index contributed by atoms with van der Waals surface area (Å²) in [6.07, 6.45) is -0.564. The molecule has 0 unspecified atom stereocenters. The zero-order valence-electron chi connectivity index (χ0n) is 20.7. The molecule has 0 saturated carbocycles. The van der Waals surface area contributed by atoms with E-state index in [2.05, 4.69) is 10.6 Å². The van der Waals surface area contributed by atoms with Crippen molar-refractivity contribution < 1.29 is 33.4 Å². The number of carbonyl (C=O) groups is 5. The molecule has 0 bridgehead atoms. The quantitative estimate of drug-likeness (QED) is 0.483. The van der Waals surface area contributed by atoms with Gasteiger partial charge >= 0.3 is 12.1 Å². The van der Waals surface area contributed by atoms with E-state index in [4.69, 9.17) is 9.47 Å². The van der Waals surface area contributed by atoms with Crippen molar-refractivity contribution in [3.05, 3.63) is 29.8 Å². The summed E-state index contributed by atoms with van der Waals surface area (Å²) in [5.41, 5.74) is 0.822. The number of hydrogen-bond donors (Lipinski definition) is 2. The van der Waals surface area contributed by atoms with Gasteiger partial charge in [-0.1, -0.05) is 0 Å². The highest BCUT2D eigenvalue weighted by molar-refractivity contribution is 5.98. The summed E-state index contributed by atoms with van der Waals surface area (Å²) in [4.78, 5) is 66.9. The number of rotatable bonds is 8. The third-order valence-corrected chi connectivity index (χ3v) is 5.97. The molecule has 2 saturated heterocycles. The Morgan fingerprint density at radius 1 is 0.972 bits per heavy atom. The Morgan fingerprint density at radius 3 is 2.28 bits per heavy atom. The number of hydrogen-bond acceptors (Lipinski definition) is 8. The summed E-state index contributed by atoms with van der Waals surface area (Å²) in [6, 6.07) is 5.30. The molecule has 2 aliphatic heterocycles. The first kappa shape index (κ1) is 26.9. The van der Waals surface area contributed by atoms with E-state index in [1.807, 2.05) is 4.90 Å². The minimum absolute atomic E-state index is 0.0946. The van der Waals surface area contributed by atoms with Crippen molar-refractivity contribution in [3.8, 4) is 0 Å². The molecule has 0 aliphatic carbocycles. The maximum absolute atomic E-state index is 13.1. The molecular weight excluding hydrogens is 470 g/mol. The Bertz CT molecular complexity index is 960. The van der Waals surface area contributed by atoms with E-state index in [0.29, 0.717) is 57.1 Å². The van der Waals surface area contributed by atoms with Crippen LogP contribution in [0.2, 0.25) is 0 Å². The van der Waals surface area contributed by atoms with Crippen LogP contribution in [0.25, 0.3) is 0 Å². The first-order chi connectivity index (χ1) is 17.3. The van der Waals surface area contributed by atoms with Gasteiger partial charge in [0.25, 0.3) is 0 Å². The molecule has 2 heterocycles. The highest BCUT2D eigenvalue weighted by atomic mass is 16.6. The molecule has 4 amide bonds. The molecule has 0 spiro atoms. The number of nitrogens with one attached hydrogen (secondary N) is 2. The van der Waals surface area contributed by atoms with E-state index < -0.39 is 17.9 Å². The summed E-state index contributed by atoms with van der Waals surface area (Å²) in [5, 5.41) is 5.42. The average Bonchev–Trinajstić information content (AvgIpc) is 2.86. The number of benzene rings is 1. The van der Waals surface area contributed by atoms with Crippen LogP contribution in [0.1, 0.15) is 30.6 Å². The molecule has 2 N–H and O–H groups in total. The molecule has 1 atom stereocenters. The summed E-state index contributed by atoms with van der Waals surface area (Å²) in [5.74, 6) is -1.51. The van der Waals surface area contributed by atoms with Crippen LogP contribution in [0.15, 0.2) is 24.3 Å². The predicted octanol–water partition coefficient (Wildman–Crippen LogP) is 0.293. The highest BCUT2D eigenvalue weighted by Gasteiger charge is 2.35. The molecule has 12 heteroatoms. The molecule has 1 aromatic rings. The van der Waals surface area contributed by atoms with Crippen LogP contribution < -0.4 is 10.6 Å². The number of anilines is 1. The van der Waals surface area contributed by atoms with Crippen LogP contribution in [0, 0.1) is 0 Å². The van der Waals surface area contributed by atoms with Crippen molar-refractivity contribution >= 4 is 35.5 Å². The van der Waals surface area contributed by atoms with Gasteiger partial charge < -0.3 is 29.9 Å². The number of amides is 4. The summed E-state index contributed by atoms with van der Waals surface area (Å²) >= 11 is 0. The lowest BCUT2D eigenvalue weighted by Crippen LogP contribution is -2.60. The van der Waals surface area contributed by atoms with Gasteiger partial charge in [-0.15, -0.1) is 0 Å². The lowest BCUT2D eigenvalue weighted by Gasteiger charge is -2.38. The number of esters is 1. The zero-order valence-corrected chi connectivity index (χ0v) is 20.7. The van der Waals surface area contributed by atoms with Gasteiger partial charge in [0.05, 0.1) is 31.7 Å². The Labute approximate surface area is 209 Å². The largest absolute Gasteiger partial charge is 0.462 e. The number of ether oxygens (including phenoxy) is 2. The SMILES string of the molecule is CCOC(=O)c1ccc(NC(=O)C[C@H]2C(=O)NCCN2C(=O)CN2CCN(C(=O)OCC)CC2)cc1. The first-order valence-electron chi connectivity index (χ1n) is 12.1. The van der Waals surface area contributed by atoms with E-state index in [9.17, 15) is 24.0 Å². The van der Waals surface area contributed by atoms with Crippen molar-refractivity contribution in [1.82, 2.24) is 20.0 Å². The molecule has 3 rings (SSSR count). The number of carbonyl (C=O) groups excluding carboxylic acids is 5. The minimum Gasteiger partial charge on any atom is -0.462 e. The van der Waals surface area contributed by atoms with Gasteiger partial charge in [-0.3, -0.25) is 19.3 Å². The Hall–Kier alpha value is -3.67. The van der Waals surface area contributed by atoms with E-state index in [-0.39, 0.29) is 37.5 Å². The monoisotopic (exact) mass is 503 g/mol. The lowest BCUT2D eigenvalue weighted by atomic mass is 10.1. The van der Waals surface area contributed by atoms with Gasteiger partial charge in [0.1, 0.15) is 6.04 Å². The Kier molecular flexibility index (Phi) is 9.62. The minimum atomic E-state index is -0.925. The molecule has 0 aromatic heterocycles. The van der Waals surface area contributed by atoms with Crippen molar-refractivity contribution in [3.63, 3.8) is 0 Å². The Balaban J connectivity index is 1.54. The fourth-order valence-electron chi connectivity index (χ4n) is 4.09. The average molecular weight is 504 g/mol. The summed E-state index contributed by atoms with van der Waals surface area (Å²) in [6.45, 7) is 6.68. The van der Waals surface area contributed by atoms with Crippen LogP contribution in [-0.2, 0) is 23.9 Å². The van der Waals surface area contributed by atoms with Crippen LogP contribution in [0.3, 0.4) is 0 Å². The van der Waals surface area contributed by atoms with Gasteiger partial charge in [0.15, 0.2) is 0 Å². The van der Waals surface area contributed by atoms with E-state index >= 15 is 0 Å². The molecule has 0 radical (unpaired) electrons. The third-order valence-electron chi connectivity index (χ3n) is 5.97. The second-order valence-electron chi connectivity index (χ2n) is 8.41. The van der Waals surface area contributed by atoms with Crippen LogP contribution >= 0.6 is 0 Å². The van der Waals surface area contributed by atoms with Gasteiger partial charge in [-0.25, -0.2) is 9.59 Å². The Morgan fingerprint density at radius 2 is 1.64 bits per heavy atom. The fourth-order valence-corrected chi connectivity index (χ4v) is 4.09. The molecule has 1 aromatic carbocycles. The van der Waals surface area contributed by atoms with Gasteiger partial charge in [-0.2, -0.15) is 0 Å². The zero-order chi connectivity index (χ0) is 26.1. The molecule has 2 fully saturated rings. The smallest absolute Gasteiger partial charge is 0.409 e. The third kappa shape index (κ3) is 7.17. The first-order valence-corrected chi connectivity index (χ1v) is 12.1. The van der Waals surface area contributed by atoms with Crippen molar-refractivity contribution in [2.75, 3.05) is 64.3 Å². The molecule has 36 heavy (non-hydrogen) atoms. The van der Waals surface area contributed by atoms with Crippen molar-refractivity contribution in [1.29, 1.82) is 0 Å². The van der Waals surface area contributed by atoms with E-state index in [0.717, 1.165) is 0 Å². The van der Waals surface area contributed by atoms with Crippen molar-refractivity contribution in [2.24, 2.45) is 0 Å². The van der Waals surface area contributed by atoms with Crippen LogP contribution in [0.4, 0.5) is 10.5 Å². The summed E-state index contributed by atoms with van der Waals surface area (Å²) < 4.78 is 9.96. The van der Waals surface area contributed by atoms with Crippen LogP contribution in [0.5, 0.6) is 0 Å². The van der Waals surface area contributed by atoms with Crippen LogP contribution in [-0.4, -0.2) is 110 Å². The molecule has 2 aliphatic rings. The van der Waals surface area contributed by atoms with Crippen molar-refractivity contribution in [2.45, 2.75) is 26.3 Å². The predicted molar refractivity (Wildman–Crippen MR) is 129 cm³/mol. The molecular formula is C24H33N5O7. The van der Waals surface area contributed by atoms with E-state index in [1.165, 1.54) is 4.90 Å². The lowest BCUT2D eigenvalue weighted by molar-refractivity contribution is -0.145. The van der Waals surface area contributed by atoms with Gasteiger partial charge in [0, 0.05) is 45.0 Å². The standard InChI is InChI=1S/C24H33N5O7/c1-3-35-23(33)17-5-7-18(8-6-17)26-20(30)15-19-22(32)25-9-10-29(19)21(31)16-27-11-13-28(14-12-27)24(34)36-4-2/h5-8,19H,3-4,9-16H2,1-2H3,(H,25,32)(H,26,30)/t19-/m0/s1. The maximum atomic E-state index is 13.1. The second kappa shape index (κ2) is 12.9. The van der Waals surface area contributed by atoms with Gasteiger partial charge in [-0.05, 0) is 38.1 Å². The topological polar surface area (TPSA) is 138 Å². The fraction of sp³-hybridized carbons (Fsp3) is 0.542. The molecule has 12 nitrogen and oxygen atoms in total. The normalized spacial score (nSPS) is 18.3. The highest BCUT2D eigenvalue weighted by Crippen LogP contribution is 2.15. The summed E-state index contributed by atoms with van der Waals surface area (Å²) in [7, 11) is 0. The maximum Gasteiger partial charge on any atom is 0.409 e. The number of nitrogens with zero attached hydrogens (tertiary/aromatic N) is 3. The van der Waals surface area contributed by atoms with Gasteiger partial charge in [0.2, 0.25) is 17.7 Å². The second-order valence-corrected chi connectivity index (χ2v) is 8.41. The number of piperazine rings is 2.